The zero-order valence-electron chi connectivity index (χ0n) is 11.9. The molecule has 0 bridgehead atoms. The van der Waals surface area contributed by atoms with Gasteiger partial charge in [-0.2, -0.15) is 9.57 Å². The number of rotatable bonds is 4. The van der Waals surface area contributed by atoms with Gasteiger partial charge in [-0.25, -0.2) is 17.2 Å². The van der Waals surface area contributed by atoms with Gasteiger partial charge in [-0.05, 0) is 35.9 Å². The third kappa shape index (κ3) is 3.67. The molecule has 23 heavy (non-hydrogen) atoms. The Morgan fingerprint density at radius 2 is 1.87 bits per heavy atom. The van der Waals surface area contributed by atoms with Crippen LogP contribution in [0.3, 0.4) is 0 Å². The smallest absolute Gasteiger partial charge is 0.207 e. The summed E-state index contributed by atoms with van der Waals surface area (Å²) in [5, 5.41) is 9.21. The van der Waals surface area contributed by atoms with E-state index in [4.69, 9.17) is 16.9 Å². The SMILES string of the molecule is CN(Cc1ccc(F)c(F)c1)S(=O)(=O)c1cc(Cl)ccc1C#N. The van der Waals surface area contributed by atoms with Crippen molar-refractivity contribution >= 4 is 21.6 Å². The minimum Gasteiger partial charge on any atom is -0.207 e. The Kier molecular flexibility index (Phi) is 5.00. The van der Waals surface area contributed by atoms with Crippen LogP contribution in [0.15, 0.2) is 41.3 Å². The first-order valence-corrected chi connectivity index (χ1v) is 8.17. The van der Waals surface area contributed by atoms with Gasteiger partial charge in [0.2, 0.25) is 10.0 Å². The number of hydrogen-bond donors (Lipinski definition) is 0. The van der Waals surface area contributed by atoms with Crippen LogP contribution in [0.4, 0.5) is 8.78 Å². The highest BCUT2D eigenvalue weighted by atomic mass is 35.5. The predicted molar refractivity (Wildman–Crippen MR) is 81.2 cm³/mol. The van der Waals surface area contributed by atoms with Gasteiger partial charge in [0, 0.05) is 18.6 Å². The van der Waals surface area contributed by atoms with Gasteiger partial charge in [0.15, 0.2) is 11.6 Å². The largest absolute Gasteiger partial charge is 0.244 e. The van der Waals surface area contributed by atoms with Crippen LogP contribution in [0, 0.1) is 23.0 Å². The average Bonchev–Trinajstić information content (AvgIpc) is 2.50. The summed E-state index contributed by atoms with van der Waals surface area (Å²) in [4.78, 5) is -0.238. The Morgan fingerprint density at radius 3 is 2.48 bits per heavy atom. The van der Waals surface area contributed by atoms with Gasteiger partial charge < -0.3 is 0 Å². The van der Waals surface area contributed by atoms with E-state index in [0.717, 1.165) is 16.4 Å². The summed E-state index contributed by atoms with van der Waals surface area (Å²) < 4.78 is 52.2. The Labute approximate surface area is 137 Å². The molecule has 0 atom stereocenters. The minimum absolute atomic E-state index is 0.0495. The molecule has 0 N–H and O–H groups in total. The maximum absolute atomic E-state index is 13.2. The third-order valence-electron chi connectivity index (χ3n) is 3.14. The number of halogens is 3. The molecule has 4 nitrogen and oxygen atoms in total. The van der Waals surface area contributed by atoms with E-state index in [0.29, 0.717) is 0 Å². The van der Waals surface area contributed by atoms with Crippen molar-refractivity contribution in [3.8, 4) is 6.07 Å². The zero-order valence-corrected chi connectivity index (χ0v) is 13.5. The summed E-state index contributed by atoms with van der Waals surface area (Å²) in [7, 11) is -2.74. The second-order valence-electron chi connectivity index (χ2n) is 4.76. The molecule has 0 aromatic heterocycles. The first kappa shape index (κ1) is 17.3. The van der Waals surface area contributed by atoms with Crippen molar-refractivity contribution in [2.45, 2.75) is 11.4 Å². The first-order chi connectivity index (χ1) is 10.8. The molecule has 0 fully saturated rings. The standard InChI is InChI=1S/C15H11ClF2N2O2S/c1-20(9-10-2-5-13(17)14(18)6-10)23(21,22)15-7-12(16)4-3-11(15)8-19/h2-7H,9H2,1H3. The molecule has 0 saturated heterocycles. The maximum atomic E-state index is 13.2. The maximum Gasteiger partial charge on any atom is 0.244 e. The van der Waals surface area contributed by atoms with E-state index < -0.39 is 21.7 Å². The molecule has 0 aliphatic carbocycles. The second-order valence-corrected chi connectivity index (χ2v) is 7.21. The Bertz CT molecular complexity index is 895. The molecule has 2 rings (SSSR count). The summed E-state index contributed by atoms with van der Waals surface area (Å²) in [6.07, 6.45) is 0. The average molecular weight is 357 g/mol. The Morgan fingerprint density at radius 1 is 1.17 bits per heavy atom. The molecular formula is C15H11ClF2N2O2S. The van der Waals surface area contributed by atoms with E-state index in [2.05, 4.69) is 0 Å². The summed E-state index contributed by atoms with van der Waals surface area (Å²) in [5.74, 6) is -2.07. The number of sulfonamides is 1. The van der Waals surface area contributed by atoms with Gasteiger partial charge >= 0.3 is 0 Å². The molecule has 0 radical (unpaired) electrons. The zero-order chi connectivity index (χ0) is 17.2. The van der Waals surface area contributed by atoms with Crippen LogP contribution < -0.4 is 0 Å². The van der Waals surface area contributed by atoms with Gasteiger partial charge in [-0.1, -0.05) is 17.7 Å². The molecular weight excluding hydrogens is 346 g/mol. The lowest BCUT2D eigenvalue weighted by Crippen LogP contribution is -2.27. The number of nitriles is 1. The van der Waals surface area contributed by atoms with E-state index in [1.165, 1.54) is 31.3 Å². The Hall–Kier alpha value is -2.01. The fourth-order valence-corrected chi connectivity index (χ4v) is 3.51. The van der Waals surface area contributed by atoms with Crippen LogP contribution in [0.1, 0.15) is 11.1 Å². The lowest BCUT2D eigenvalue weighted by Gasteiger charge is -2.18. The van der Waals surface area contributed by atoms with Crippen LogP contribution in [-0.4, -0.2) is 19.8 Å². The lowest BCUT2D eigenvalue weighted by atomic mass is 10.2. The van der Waals surface area contributed by atoms with Gasteiger partial charge in [0.05, 0.1) is 5.56 Å². The van der Waals surface area contributed by atoms with Crippen molar-refractivity contribution in [2.75, 3.05) is 7.05 Å². The number of benzene rings is 2. The molecule has 0 saturated carbocycles. The molecule has 8 heteroatoms. The minimum atomic E-state index is -4.02. The highest BCUT2D eigenvalue weighted by Gasteiger charge is 2.25. The highest BCUT2D eigenvalue weighted by molar-refractivity contribution is 7.89. The number of nitrogens with zero attached hydrogens (tertiary/aromatic N) is 2. The van der Waals surface area contributed by atoms with Crippen molar-refractivity contribution in [3.63, 3.8) is 0 Å². The number of hydrogen-bond acceptors (Lipinski definition) is 3. The van der Waals surface area contributed by atoms with Gasteiger partial charge in [-0.3, -0.25) is 0 Å². The molecule has 2 aromatic carbocycles. The quantitative estimate of drug-likeness (QED) is 0.844. The highest BCUT2D eigenvalue weighted by Crippen LogP contribution is 2.24. The van der Waals surface area contributed by atoms with Crippen LogP contribution in [-0.2, 0) is 16.6 Å². The predicted octanol–water partition coefficient (Wildman–Crippen LogP) is 3.31. The van der Waals surface area contributed by atoms with Gasteiger partial charge in [-0.15, -0.1) is 0 Å². The lowest BCUT2D eigenvalue weighted by molar-refractivity contribution is 0.461. The van der Waals surface area contributed by atoms with Crippen molar-refractivity contribution in [3.05, 3.63) is 64.2 Å². The van der Waals surface area contributed by atoms with Crippen molar-refractivity contribution in [1.29, 1.82) is 5.26 Å². The van der Waals surface area contributed by atoms with Crippen molar-refractivity contribution < 1.29 is 17.2 Å². The normalized spacial score (nSPS) is 11.5. The summed E-state index contributed by atoms with van der Waals surface area (Å²) in [5.41, 5.74) is 0.224. The Balaban J connectivity index is 2.38. The van der Waals surface area contributed by atoms with E-state index in [9.17, 15) is 17.2 Å². The van der Waals surface area contributed by atoms with Crippen LogP contribution >= 0.6 is 11.6 Å². The van der Waals surface area contributed by atoms with Crippen LogP contribution in [0.5, 0.6) is 0 Å². The molecule has 0 aliphatic rings. The molecule has 120 valence electrons. The van der Waals surface area contributed by atoms with E-state index >= 15 is 0 Å². The van der Waals surface area contributed by atoms with Gasteiger partial charge in [0.25, 0.3) is 0 Å². The second kappa shape index (κ2) is 6.62. The molecule has 0 heterocycles. The molecule has 0 aliphatic heterocycles. The molecule has 0 spiro atoms. The summed E-state index contributed by atoms with van der Waals surface area (Å²) >= 11 is 5.80. The fourth-order valence-electron chi connectivity index (χ4n) is 1.95. The monoisotopic (exact) mass is 356 g/mol. The molecule has 2 aromatic rings. The molecule has 0 unspecified atom stereocenters. The fraction of sp³-hybridized carbons (Fsp3) is 0.133. The molecule has 0 amide bonds. The van der Waals surface area contributed by atoms with Crippen LogP contribution in [0.25, 0.3) is 0 Å². The summed E-state index contributed by atoms with van der Waals surface area (Å²) in [6, 6.07) is 8.81. The third-order valence-corrected chi connectivity index (χ3v) is 5.22. The van der Waals surface area contributed by atoms with E-state index in [-0.39, 0.29) is 27.6 Å². The van der Waals surface area contributed by atoms with Crippen molar-refractivity contribution in [2.24, 2.45) is 0 Å². The van der Waals surface area contributed by atoms with E-state index in [1.54, 1.807) is 6.07 Å². The topological polar surface area (TPSA) is 61.2 Å². The van der Waals surface area contributed by atoms with Crippen LogP contribution in [0.2, 0.25) is 5.02 Å². The first-order valence-electron chi connectivity index (χ1n) is 6.35. The van der Waals surface area contributed by atoms with Gasteiger partial charge in [0.1, 0.15) is 11.0 Å². The summed E-state index contributed by atoms with van der Waals surface area (Å²) in [6.45, 7) is -0.184. The van der Waals surface area contributed by atoms with Crippen molar-refractivity contribution in [1.82, 2.24) is 4.31 Å². The van der Waals surface area contributed by atoms with E-state index in [1.807, 2.05) is 0 Å².